The monoisotopic (exact) mass is 308 g/mol. The van der Waals surface area contributed by atoms with E-state index in [0.29, 0.717) is 21.3 Å². The second-order valence-electron chi connectivity index (χ2n) is 4.62. The number of aromatic nitrogens is 3. The van der Waals surface area contributed by atoms with Crippen LogP contribution in [0.2, 0.25) is 0 Å². The van der Waals surface area contributed by atoms with E-state index in [2.05, 4.69) is 14.9 Å². The van der Waals surface area contributed by atoms with E-state index in [1.807, 2.05) is 13.8 Å². The molecule has 7 nitrogen and oxygen atoms in total. The number of esters is 1. The number of aromatic amines is 1. The molecule has 0 aliphatic rings. The van der Waals surface area contributed by atoms with Crippen LogP contribution >= 0.6 is 11.8 Å². The minimum atomic E-state index is -0.447. The van der Waals surface area contributed by atoms with Crippen molar-refractivity contribution in [1.82, 2.24) is 14.8 Å². The van der Waals surface area contributed by atoms with Crippen LogP contribution in [0.5, 0.6) is 0 Å². The van der Waals surface area contributed by atoms with E-state index in [-0.39, 0.29) is 11.7 Å². The van der Waals surface area contributed by atoms with Crippen molar-refractivity contribution < 1.29 is 9.53 Å². The van der Waals surface area contributed by atoms with Crippen molar-refractivity contribution >= 4 is 23.4 Å². The normalized spacial score (nSPS) is 10.9. The first-order valence-corrected chi connectivity index (χ1v) is 7.08. The quantitative estimate of drug-likeness (QED) is 0.658. The van der Waals surface area contributed by atoms with Gasteiger partial charge in [-0.05, 0) is 43.8 Å². The molecule has 3 N–H and O–H groups in total. The number of benzene rings is 1. The number of hydrogen-bond acceptors (Lipinski definition) is 6. The molecule has 0 spiro atoms. The molecule has 0 saturated carbocycles. The van der Waals surface area contributed by atoms with Gasteiger partial charge in [0.05, 0.1) is 12.7 Å². The van der Waals surface area contributed by atoms with Crippen LogP contribution < -0.4 is 11.4 Å². The molecule has 0 aliphatic carbocycles. The minimum Gasteiger partial charge on any atom is -0.465 e. The Hall–Kier alpha value is -2.22. The second-order valence-corrected chi connectivity index (χ2v) is 5.63. The van der Waals surface area contributed by atoms with Crippen molar-refractivity contribution in [2.45, 2.75) is 29.9 Å². The highest BCUT2D eigenvalue weighted by Crippen LogP contribution is 2.31. The number of carbonyl (C=O) groups is 1. The Labute approximate surface area is 125 Å². The third kappa shape index (κ3) is 3.10. The van der Waals surface area contributed by atoms with Crippen molar-refractivity contribution in [3.8, 4) is 0 Å². The topological polar surface area (TPSA) is 103 Å². The lowest BCUT2D eigenvalue weighted by Gasteiger charge is -2.10. The Kier molecular flexibility index (Phi) is 4.37. The summed E-state index contributed by atoms with van der Waals surface area (Å²) < 4.78 is 6.18. The molecule has 0 atom stereocenters. The number of ether oxygens (including phenoxy) is 1. The molecule has 0 fully saturated rings. The summed E-state index contributed by atoms with van der Waals surface area (Å²) in [4.78, 5) is 23.8. The summed E-state index contributed by atoms with van der Waals surface area (Å²) in [5.74, 6) is -0.447. The number of nitrogens with one attached hydrogen (secondary N) is 1. The van der Waals surface area contributed by atoms with Gasteiger partial charge in [-0.1, -0.05) is 0 Å². The van der Waals surface area contributed by atoms with Crippen LogP contribution in [0, 0.1) is 0 Å². The van der Waals surface area contributed by atoms with Gasteiger partial charge in [0.15, 0.2) is 5.16 Å². The maximum Gasteiger partial charge on any atom is 0.344 e. The van der Waals surface area contributed by atoms with Gasteiger partial charge in [0, 0.05) is 16.6 Å². The van der Waals surface area contributed by atoms with Crippen molar-refractivity contribution in [3.05, 3.63) is 34.2 Å². The fourth-order valence-corrected chi connectivity index (χ4v) is 2.80. The van der Waals surface area contributed by atoms with Gasteiger partial charge in [0.25, 0.3) is 0 Å². The lowest BCUT2D eigenvalue weighted by Crippen LogP contribution is -2.19. The molecule has 1 aromatic heterocycles. The molecule has 0 saturated heterocycles. The summed E-state index contributed by atoms with van der Waals surface area (Å²) in [5, 5.41) is 6.93. The summed E-state index contributed by atoms with van der Waals surface area (Å²) in [5.41, 5.74) is 6.48. The zero-order valence-electron chi connectivity index (χ0n) is 11.9. The lowest BCUT2D eigenvalue weighted by molar-refractivity contribution is 0.0600. The molecular formula is C13H16N4O3S. The fourth-order valence-electron chi connectivity index (χ4n) is 1.80. The number of carbonyl (C=O) groups excluding carboxylic acids is 1. The van der Waals surface area contributed by atoms with Crippen molar-refractivity contribution in [2.24, 2.45) is 0 Å². The number of anilines is 1. The third-order valence-electron chi connectivity index (χ3n) is 2.82. The standard InChI is InChI=1S/C13H16N4O3S/c1-7(2)17-12(19)15-16-13(17)21-10-5-4-8(6-9(10)14)11(18)20-3/h4-7H,14H2,1-3H3,(H,15,19). The van der Waals surface area contributed by atoms with Crippen molar-refractivity contribution in [1.29, 1.82) is 0 Å². The van der Waals surface area contributed by atoms with Crippen LogP contribution in [-0.4, -0.2) is 27.8 Å². The Balaban J connectivity index is 2.33. The van der Waals surface area contributed by atoms with Crippen molar-refractivity contribution in [2.75, 3.05) is 12.8 Å². The molecule has 8 heteroatoms. The second kappa shape index (κ2) is 6.04. The van der Waals surface area contributed by atoms with Gasteiger partial charge >= 0.3 is 11.7 Å². The average Bonchev–Trinajstić information content (AvgIpc) is 2.81. The number of nitrogens with two attached hydrogens (primary N) is 1. The molecule has 1 heterocycles. The Bertz CT molecular complexity index is 720. The summed E-state index contributed by atoms with van der Waals surface area (Å²) in [6.07, 6.45) is 0. The third-order valence-corrected chi connectivity index (χ3v) is 3.88. The number of rotatable bonds is 4. The van der Waals surface area contributed by atoms with E-state index >= 15 is 0 Å². The van der Waals surface area contributed by atoms with Gasteiger partial charge in [-0.15, -0.1) is 5.10 Å². The van der Waals surface area contributed by atoms with Crippen LogP contribution in [0.3, 0.4) is 0 Å². The zero-order valence-corrected chi connectivity index (χ0v) is 12.7. The smallest absolute Gasteiger partial charge is 0.344 e. The first-order valence-electron chi connectivity index (χ1n) is 6.26. The van der Waals surface area contributed by atoms with E-state index in [1.165, 1.54) is 18.9 Å². The van der Waals surface area contributed by atoms with Crippen molar-refractivity contribution in [3.63, 3.8) is 0 Å². The largest absolute Gasteiger partial charge is 0.465 e. The van der Waals surface area contributed by atoms with Crippen LogP contribution in [0.1, 0.15) is 30.2 Å². The fraction of sp³-hybridized carbons (Fsp3) is 0.308. The molecule has 2 aromatic rings. The van der Waals surface area contributed by atoms with Gasteiger partial charge in [0.1, 0.15) is 0 Å². The van der Waals surface area contributed by atoms with Gasteiger partial charge in [0.2, 0.25) is 0 Å². The average molecular weight is 308 g/mol. The molecule has 0 amide bonds. The summed E-state index contributed by atoms with van der Waals surface area (Å²) in [6, 6.07) is 4.85. The molecule has 0 bridgehead atoms. The van der Waals surface area contributed by atoms with Gasteiger partial charge in [-0.2, -0.15) is 0 Å². The number of methoxy groups -OCH3 is 1. The van der Waals surface area contributed by atoms with E-state index in [0.717, 1.165) is 0 Å². The maximum absolute atomic E-state index is 11.7. The molecule has 112 valence electrons. The van der Waals surface area contributed by atoms with Crippen LogP contribution in [0.25, 0.3) is 0 Å². The lowest BCUT2D eigenvalue weighted by atomic mass is 10.2. The van der Waals surface area contributed by atoms with Gasteiger partial charge < -0.3 is 10.5 Å². The Morgan fingerprint density at radius 3 is 2.76 bits per heavy atom. The minimum absolute atomic E-state index is 0.0192. The maximum atomic E-state index is 11.7. The highest BCUT2D eigenvalue weighted by molar-refractivity contribution is 7.99. The first-order chi connectivity index (χ1) is 9.93. The van der Waals surface area contributed by atoms with E-state index in [9.17, 15) is 9.59 Å². The van der Waals surface area contributed by atoms with E-state index in [4.69, 9.17) is 5.73 Å². The number of nitrogens with zero attached hydrogens (tertiary/aromatic N) is 2. The highest BCUT2D eigenvalue weighted by atomic mass is 32.2. The predicted molar refractivity (Wildman–Crippen MR) is 79.5 cm³/mol. The molecule has 1 aromatic carbocycles. The Morgan fingerprint density at radius 1 is 1.48 bits per heavy atom. The number of hydrogen-bond donors (Lipinski definition) is 2. The Morgan fingerprint density at radius 2 is 2.19 bits per heavy atom. The molecule has 0 radical (unpaired) electrons. The van der Waals surface area contributed by atoms with Gasteiger partial charge in [-0.3, -0.25) is 4.57 Å². The number of H-pyrrole nitrogens is 1. The molecule has 0 aliphatic heterocycles. The number of nitrogen functional groups attached to an aromatic ring is 1. The molecule has 0 unspecified atom stereocenters. The van der Waals surface area contributed by atoms with E-state index in [1.54, 1.807) is 22.8 Å². The van der Waals surface area contributed by atoms with Crippen LogP contribution in [0.15, 0.2) is 33.0 Å². The van der Waals surface area contributed by atoms with Crippen LogP contribution in [-0.2, 0) is 4.74 Å². The van der Waals surface area contributed by atoms with Crippen LogP contribution in [0.4, 0.5) is 5.69 Å². The zero-order chi connectivity index (χ0) is 15.6. The van der Waals surface area contributed by atoms with Gasteiger partial charge in [-0.25, -0.2) is 14.7 Å². The SMILES string of the molecule is COC(=O)c1ccc(Sc2n[nH]c(=O)n2C(C)C)c(N)c1. The molecule has 21 heavy (non-hydrogen) atoms. The molecular weight excluding hydrogens is 292 g/mol. The summed E-state index contributed by atoms with van der Waals surface area (Å²) in [6.45, 7) is 3.79. The van der Waals surface area contributed by atoms with E-state index < -0.39 is 5.97 Å². The highest BCUT2D eigenvalue weighted by Gasteiger charge is 2.15. The summed E-state index contributed by atoms with van der Waals surface area (Å²) in [7, 11) is 1.31. The predicted octanol–water partition coefficient (Wildman–Crippen LogP) is 1.67. The first kappa shape index (κ1) is 15.2. The summed E-state index contributed by atoms with van der Waals surface area (Å²) >= 11 is 1.26. The molecule has 2 rings (SSSR count).